The van der Waals surface area contributed by atoms with Crippen LogP contribution >= 0.6 is 11.6 Å². The van der Waals surface area contributed by atoms with Crippen LogP contribution in [0, 0.1) is 11.6 Å². The summed E-state index contributed by atoms with van der Waals surface area (Å²) < 4.78 is 56.9. The molecule has 2 rings (SSSR count). The Labute approximate surface area is 177 Å². The van der Waals surface area contributed by atoms with Crippen LogP contribution in [0.2, 0.25) is 5.02 Å². The van der Waals surface area contributed by atoms with Crippen LogP contribution in [0.3, 0.4) is 0 Å². The number of ether oxygens (including phenoxy) is 1. The average Bonchev–Trinajstić information content (AvgIpc) is 2.65. The minimum absolute atomic E-state index is 0.0181. The molecule has 0 spiro atoms. The van der Waals surface area contributed by atoms with Crippen LogP contribution in [0.1, 0.15) is 24.2 Å². The molecule has 0 aliphatic carbocycles. The summed E-state index contributed by atoms with van der Waals surface area (Å²) in [4.78, 5) is 24.6. The molecule has 0 saturated heterocycles. The normalized spacial score (nSPS) is 12.2. The molecule has 0 aliphatic heterocycles. The van der Waals surface area contributed by atoms with E-state index in [-0.39, 0.29) is 28.6 Å². The maximum Gasteiger partial charge on any atom is 0.339 e. The van der Waals surface area contributed by atoms with Gasteiger partial charge in [-0.3, -0.25) is 9.10 Å². The van der Waals surface area contributed by atoms with Gasteiger partial charge in [0.1, 0.15) is 6.04 Å². The zero-order valence-electron chi connectivity index (χ0n) is 16.3. The number of esters is 1. The maximum atomic E-state index is 13.6. The lowest BCUT2D eigenvalue weighted by molar-refractivity contribution is -0.116. The molecule has 1 atom stereocenters. The summed E-state index contributed by atoms with van der Waals surface area (Å²) in [6.07, 6.45) is 0.833. The lowest BCUT2D eigenvalue weighted by Crippen LogP contribution is -2.45. The van der Waals surface area contributed by atoms with Gasteiger partial charge in [0.15, 0.2) is 11.6 Å². The van der Waals surface area contributed by atoms with Crippen LogP contribution in [0.5, 0.6) is 0 Å². The number of halogens is 3. The van der Waals surface area contributed by atoms with Crippen molar-refractivity contribution in [2.75, 3.05) is 22.5 Å². The maximum absolute atomic E-state index is 13.6. The van der Waals surface area contributed by atoms with Crippen LogP contribution in [0.15, 0.2) is 36.4 Å². The zero-order chi connectivity index (χ0) is 22.6. The van der Waals surface area contributed by atoms with Gasteiger partial charge in [0.2, 0.25) is 15.9 Å². The van der Waals surface area contributed by atoms with E-state index in [0.29, 0.717) is 10.4 Å². The smallest absolute Gasteiger partial charge is 0.339 e. The minimum Gasteiger partial charge on any atom is -0.462 e. The largest absolute Gasteiger partial charge is 0.462 e. The first kappa shape index (κ1) is 23.6. The molecular weight excluding hydrogens is 442 g/mol. The topological polar surface area (TPSA) is 92.8 Å². The molecule has 11 heteroatoms. The fourth-order valence-electron chi connectivity index (χ4n) is 2.65. The van der Waals surface area contributed by atoms with Crippen molar-refractivity contribution in [2.45, 2.75) is 19.9 Å². The highest BCUT2D eigenvalue weighted by atomic mass is 35.5. The third-order valence-electron chi connectivity index (χ3n) is 3.98. The molecule has 1 amide bonds. The monoisotopic (exact) mass is 460 g/mol. The molecule has 2 aromatic carbocycles. The lowest BCUT2D eigenvalue weighted by atomic mass is 10.2. The Balaban J connectivity index is 2.33. The van der Waals surface area contributed by atoms with Crippen molar-refractivity contribution in [1.82, 2.24) is 0 Å². The summed E-state index contributed by atoms with van der Waals surface area (Å²) >= 11 is 5.98. The van der Waals surface area contributed by atoms with E-state index in [0.717, 1.165) is 18.4 Å². The summed E-state index contributed by atoms with van der Waals surface area (Å²) in [5.41, 5.74) is -0.0371. The van der Waals surface area contributed by atoms with Crippen LogP contribution < -0.4 is 9.62 Å². The molecule has 0 saturated carbocycles. The van der Waals surface area contributed by atoms with Crippen molar-refractivity contribution in [3.05, 3.63) is 58.6 Å². The molecule has 0 heterocycles. The summed E-state index contributed by atoms with van der Waals surface area (Å²) in [6, 6.07) is 5.24. The number of amides is 1. The Kier molecular flexibility index (Phi) is 7.38. The number of sulfonamides is 1. The molecule has 0 aromatic heterocycles. The van der Waals surface area contributed by atoms with Gasteiger partial charge in [0, 0.05) is 11.8 Å². The summed E-state index contributed by atoms with van der Waals surface area (Å²) in [7, 11) is -4.03. The van der Waals surface area contributed by atoms with Gasteiger partial charge in [0.05, 0.1) is 29.1 Å². The van der Waals surface area contributed by atoms with Gasteiger partial charge in [-0.05, 0) is 44.2 Å². The predicted octanol–water partition coefficient (Wildman–Crippen LogP) is 3.59. The van der Waals surface area contributed by atoms with Gasteiger partial charge in [-0.1, -0.05) is 11.6 Å². The first-order chi connectivity index (χ1) is 14.0. The molecule has 2 aromatic rings. The second kappa shape index (κ2) is 9.40. The van der Waals surface area contributed by atoms with E-state index in [2.05, 4.69) is 5.32 Å². The Bertz CT molecular complexity index is 1080. The number of anilines is 2. The third kappa shape index (κ3) is 5.45. The summed E-state index contributed by atoms with van der Waals surface area (Å²) in [5, 5.41) is 2.59. The molecule has 30 heavy (non-hydrogen) atoms. The quantitative estimate of drug-likeness (QED) is 0.637. The highest BCUT2D eigenvalue weighted by molar-refractivity contribution is 7.92. The van der Waals surface area contributed by atoms with Gasteiger partial charge in [-0.15, -0.1) is 0 Å². The second-order valence-corrected chi connectivity index (χ2v) is 8.50. The van der Waals surface area contributed by atoms with E-state index >= 15 is 0 Å². The van der Waals surface area contributed by atoms with Gasteiger partial charge in [-0.25, -0.2) is 22.0 Å². The lowest BCUT2D eigenvalue weighted by Gasteiger charge is -2.28. The van der Waals surface area contributed by atoms with Crippen molar-refractivity contribution in [1.29, 1.82) is 0 Å². The van der Waals surface area contributed by atoms with Crippen molar-refractivity contribution in [3.8, 4) is 0 Å². The standard InChI is InChI=1S/C19H19ClF2N2O5S/c1-4-29-19(26)14-9-12(5-7-15(14)20)23-18(25)11(2)24(30(3,27)28)13-6-8-16(21)17(22)10-13/h5-11H,4H2,1-3H3,(H,23,25)/t11-/m1/s1. The summed E-state index contributed by atoms with van der Waals surface area (Å²) in [5.74, 6) is -3.88. The molecule has 0 radical (unpaired) electrons. The Morgan fingerprint density at radius 3 is 2.40 bits per heavy atom. The van der Waals surface area contributed by atoms with Crippen LogP contribution in [0.25, 0.3) is 0 Å². The fourth-order valence-corrected chi connectivity index (χ4v) is 4.01. The van der Waals surface area contributed by atoms with Crippen molar-refractivity contribution in [3.63, 3.8) is 0 Å². The number of benzene rings is 2. The predicted molar refractivity (Wildman–Crippen MR) is 109 cm³/mol. The molecule has 1 N–H and O–H groups in total. The van der Waals surface area contributed by atoms with Crippen molar-refractivity contribution < 1.29 is 31.5 Å². The summed E-state index contributed by atoms with van der Waals surface area (Å²) in [6.45, 7) is 3.03. The average molecular weight is 461 g/mol. The van der Waals surface area contributed by atoms with Gasteiger partial charge in [0.25, 0.3) is 0 Å². The van der Waals surface area contributed by atoms with E-state index in [1.165, 1.54) is 25.1 Å². The number of carbonyl (C=O) groups excluding carboxylic acids is 2. The van der Waals surface area contributed by atoms with Gasteiger partial charge < -0.3 is 10.1 Å². The number of hydrogen-bond donors (Lipinski definition) is 1. The molecule has 0 fully saturated rings. The number of carbonyl (C=O) groups is 2. The third-order valence-corrected chi connectivity index (χ3v) is 5.55. The Hall–Kier alpha value is -2.72. The number of rotatable bonds is 7. The molecule has 0 aliphatic rings. The number of nitrogens with zero attached hydrogens (tertiary/aromatic N) is 1. The molecule has 7 nitrogen and oxygen atoms in total. The highest BCUT2D eigenvalue weighted by Crippen LogP contribution is 2.25. The number of nitrogens with one attached hydrogen (secondary N) is 1. The van der Waals surface area contributed by atoms with Gasteiger partial charge >= 0.3 is 5.97 Å². The molecule has 0 bridgehead atoms. The van der Waals surface area contributed by atoms with E-state index < -0.39 is 39.6 Å². The first-order valence-electron chi connectivity index (χ1n) is 8.67. The van der Waals surface area contributed by atoms with Crippen molar-refractivity contribution in [2.24, 2.45) is 0 Å². The van der Waals surface area contributed by atoms with Gasteiger partial charge in [-0.2, -0.15) is 0 Å². The van der Waals surface area contributed by atoms with E-state index in [4.69, 9.17) is 16.3 Å². The zero-order valence-corrected chi connectivity index (χ0v) is 17.9. The molecule has 0 unspecified atom stereocenters. The highest BCUT2D eigenvalue weighted by Gasteiger charge is 2.30. The Morgan fingerprint density at radius 2 is 1.83 bits per heavy atom. The fraction of sp³-hybridized carbons (Fsp3) is 0.263. The number of hydrogen-bond acceptors (Lipinski definition) is 5. The van der Waals surface area contributed by atoms with Crippen molar-refractivity contribution >= 4 is 44.9 Å². The minimum atomic E-state index is -4.03. The van der Waals surface area contributed by atoms with E-state index in [1.807, 2.05) is 0 Å². The second-order valence-electron chi connectivity index (χ2n) is 6.24. The van der Waals surface area contributed by atoms with Crippen LogP contribution in [-0.4, -0.2) is 39.2 Å². The SMILES string of the molecule is CCOC(=O)c1cc(NC(=O)[C@@H](C)N(c2ccc(F)c(F)c2)S(C)(=O)=O)ccc1Cl. The Morgan fingerprint density at radius 1 is 1.17 bits per heavy atom. The van der Waals surface area contributed by atoms with Crippen LogP contribution in [0.4, 0.5) is 20.2 Å². The first-order valence-corrected chi connectivity index (χ1v) is 10.9. The van der Waals surface area contributed by atoms with Crippen LogP contribution in [-0.2, 0) is 19.6 Å². The molecular formula is C19H19ClF2N2O5S. The molecule has 162 valence electrons. The van der Waals surface area contributed by atoms with E-state index in [1.54, 1.807) is 6.92 Å². The van der Waals surface area contributed by atoms with E-state index in [9.17, 15) is 26.8 Å².